The number of anilines is 2. The van der Waals surface area contributed by atoms with Crippen LogP contribution in [0.5, 0.6) is 0 Å². The van der Waals surface area contributed by atoms with Crippen LogP contribution in [0, 0.1) is 0 Å². The fraction of sp³-hybridized carbons (Fsp3) is 0.412. The third-order valence-corrected chi connectivity index (χ3v) is 3.77. The summed E-state index contributed by atoms with van der Waals surface area (Å²) in [5.74, 6) is 1.18. The molecule has 5 nitrogen and oxygen atoms in total. The van der Waals surface area contributed by atoms with Gasteiger partial charge in [-0.15, -0.1) is 0 Å². The zero-order valence-corrected chi connectivity index (χ0v) is 14.7. The van der Waals surface area contributed by atoms with Crippen molar-refractivity contribution in [3.05, 3.63) is 47.7 Å². The molecule has 0 saturated heterocycles. The van der Waals surface area contributed by atoms with Gasteiger partial charge in [-0.05, 0) is 37.9 Å². The molecule has 0 spiro atoms. The number of likely N-dealkylation sites (N-methyl/N-ethyl adjacent to an activating group) is 1. The number of alkyl halides is 3. The van der Waals surface area contributed by atoms with Crippen LogP contribution < -0.4 is 10.2 Å². The topological polar surface area (TPSA) is 44.3 Å². The molecular weight excluding hydrogens is 331 g/mol. The molecule has 0 bridgehead atoms. The van der Waals surface area contributed by atoms with E-state index >= 15 is 0 Å². The third kappa shape index (κ3) is 5.06. The van der Waals surface area contributed by atoms with Crippen LogP contribution in [0.3, 0.4) is 0 Å². The van der Waals surface area contributed by atoms with E-state index in [2.05, 4.69) is 15.3 Å². The lowest BCUT2D eigenvalue weighted by atomic mass is 10.0. The molecule has 0 aliphatic heterocycles. The van der Waals surface area contributed by atoms with Gasteiger partial charge in [-0.1, -0.05) is 12.1 Å². The third-order valence-electron chi connectivity index (χ3n) is 3.77. The predicted octanol–water partition coefficient (Wildman–Crippen LogP) is 3.28. The number of nitrogens with one attached hydrogen (secondary N) is 1. The summed E-state index contributed by atoms with van der Waals surface area (Å²) in [6.07, 6.45) is -2.72. The molecule has 1 aromatic carbocycles. The lowest BCUT2D eigenvalue weighted by Gasteiger charge is -2.26. The van der Waals surface area contributed by atoms with E-state index in [0.29, 0.717) is 18.1 Å². The second kappa shape index (κ2) is 7.69. The SMILES string of the molecule is CN(C)c1ccnc(NCC(c2cccc(C(F)(F)F)c2)N(C)C)n1. The van der Waals surface area contributed by atoms with E-state index in [1.807, 2.05) is 38.0 Å². The van der Waals surface area contributed by atoms with Gasteiger partial charge in [0.25, 0.3) is 0 Å². The van der Waals surface area contributed by atoms with Gasteiger partial charge < -0.3 is 15.1 Å². The summed E-state index contributed by atoms with van der Waals surface area (Å²) in [6, 6.07) is 6.91. The summed E-state index contributed by atoms with van der Waals surface area (Å²) in [6.45, 7) is 0.380. The van der Waals surface area contributed by atoms with E-state index in [-0.39, 0.29) is 6.04 Å². The Bertz CT molecular complexity index is 701. The van der Waals surface area contributed by atoms with Gasteiger partial charge in [0.15, 0.2) is 0 Å². The molecule has 1 unspecified atom stereocenters. The van der Waals surface area contributed by atoms with Crippen molar-refractivity contribution in [1.82, 2.24) is 14.9 Å². The van der Waals surface area contributed by atoms with Gasteiger partial charge in [-0.3, -0.25) is 0 Å². The van der Waals surface area contributed by atoms with Crippen LogP contribution in [0.25, 0.3) is 0 Å². The minimum atomic E-state index is -4.36. The molecule has 1 heterocycles. The standard InChI is InChI=1S/C17H22F3N5/c1-24(2)14(12-6-5-7-13(10-12)17(18,19)20)11-22-16-21-9-8-15(23-16)25(3)4/h5-10,14H,11H2,1-4H3,(H,21,22,23). The largest absolute Gasteiger partial charge is 0.416 e. The molecule has 2 rings (SSSR count). The van der Waals surface area contributed by atoms with Gasteiger partial charge in [0.05, 0.1) is 11.6 Å². The van der Waals surface area contributed by atoms with Gasteiger partial charge in [0.1, 0.15) is 5.82 Å². The highest BCUT2D eigenvalue weighted by atomic mass is 19.4. The molecule has 2 aromatic rings. The first-order chi connectivity index (χ1) is 11.7. The molecule has 8 heteroatoms. The van der Waals surface area contributed by atoms with Crippen LogP contribution >= 0.6 is 0 Å². The van der Waals surface area contributed by atoms with Crippen LogP contribution in [0.2, 0.25) is 0 Å². The molecule has 0 saturated carbocycles. The van der Waals surface area contributed by atoms with Gasteiger partial charge >= 0.3 is 6.18 Å². The normalized spacial score (nSPS) is 13.0. The Labute approximate surface area is 145 Å². The highest BCUT2D eigenvalue weighted by molar-refractivity contribution is 5.41. The molecule has 1 aromatic heterocycles. The average Bonchev–Trinajstić information content (AvgIpc) is 2.54. The first-order valence-electron chi connectivity index (χ1n) is 7.76. The molecule has 0 radical (unpaired) electrons. The molecule has 136 valence electrons. The minimum absolute atomic E-state index is 0.256. The zero-order valence-electron chi connectivity index (χ0n) is 14.7. The maximum absolute atomic E-state index is 12.9. The molecule has 0 aliphatic carbocycles. The van der Waals surface area contributed by atoms with E-state index in [1.54, 1.807) is 18.3 Å². The average molecular weight is 353 g/mol. The number of hydrogen-bond donors (Lipinski definition) is 1. The van der Waals surface area contributed by atoms with Crippen molar-refractivity contribution in [3.63, 3.8) is 0 Å². The summed E-state index contributed by atoms with van der Waals surface area (Å²) in [5.41, 5.74) is -0.0706. The fourth-order valence-electron chi connectivity index (χ4n) is 2.39. The molecule has 1 N–H and O–H groups in total. The van der Waals surface area contributed by atoms with Gasteiger partial charge in [-0.25, -0.2) is 4.98 Å². The highest BCUT2D eigenvalue weighted by Crippen LogP contribution is 2.31. The molecular formula is C17H22F3N5. The van der Waals surface area contributed by atoms with Crippen molar-refractivity contribution in [1.29, 1.82) is 0 Å². The lowest BCUT2D eigenvalue weighted by Crippen LogP contribution is -2.27. The summed E-state index contributed by atoms with van der Waals surface area (Å²) < 4.78 is 38.8. The van der Waals surface area contributed by atoms with Crippen LogP contribution in [-0.2, 0) is 6.18 Å². The van der Waals surface area contributed by atoms with E-state index in [1.165, 1.54) is 12.1 Å². The Morgan fingerprint density at radius 2 is 1.84 bits per heavy atom. The number of hydrogen-bond acceptors (Lipinski definition) is 5. The molecule has 0 fully saturated rings. The summed E-state index contributed by atoms with van der Waals surface area (Å²) >= 11 is 0. The van der Waals surface area contributed by atoms with Gasteiger partial charge in [-0.2, -0.15) is 18.2 Å². The maximum atomic E-state index is 12.9. The van der Waals surface area contributed by atoms with E-state index in [0.717, 1.165) is 11.9 Å². The van der Waals surface area contributed by atoms with E-state index < -0.39 is 11.7 Å². The maximum Gasteiger partial charge on any atom is 0.416 e. The Morgan fingerprint density at radius 3 is 2.44 bits per heavy atom. The first-order valence-corrected chi connectivity index (χ1v) is 7.76. The van der Waals surface area contributed by atoms with Gasteiger partial charge in [0.2, 0.25) is 5.95 Å². The second-order valence-corrected chi connectivity index (χ2v) is 6.12. The van der Waals surface area contributed by atoms with Crippen molar-refractivity contribution in [2.24, 2.45) is 0 Å². The lowest BCUT2D eigenvalue weighted by molar-refractivity contribution is -0.137. The second-order valence-electron chi connectivity index (χ2n) is 6.12. The Balaban J connectivity index is 2.18. The van der Waals surface area contributed by atoms with Crippen LogP contribution in [0.4, 0.5) is 24.9 Å². The van der Waals surface area contributed by atoms with E-state index in [9.17, 15) is 13.2 Å². The predicted molar refractivity (Wildman–Crippen MR) is 92.7 cm³/mol. The zero-order chi connectivity index (χ0) is 18.6. The number of aromatic nitrogens is 2. The van der Waals surface area contributed by atoms with Gasteiger partial charge in [0, 0.05) is 26.8 Å². The Hall–Kier alpha value is -2.35. The van der Waals surface area contributed by atoms with E-state index in [4.69, 9.17) is 0 Å². The number of nitrogens with zero attached hydrogens (tertiary/aromatic N) is 4. The molecule has 0 amide bonds. The summed E-state index contributed by atoms with van der Waals surface area (Å²) in [7, 11) is 7.39. The highest BCUT2D eigenvalue weighted by Gasteiger charge is 2.31. The van der Waals surface area contributed by atoms with Crippen LogP contribution in [0.1, 0.15) is 17.2 Å². The molecule has 0 aliphatic rings. The monoisotopic (exact) mass is 353 g/mol. The fourth-order valence-corrected chi connectivity index (χ4v) is 2.39. The summed E-state index contributed by atoms with van der Waals surface area (Å²) in [4.78, 5) is 12.2. The van der Waals surface area contributed by atoms with Crippen molar-refractivity contribution in [2.45, 2.75) is 12.2 Å². The molecule has 1 atom stereocenters. The van der Waals surface area contributed by atoms with Crippen molar-refractivity contribution >= 4 is 11.8 Å². The van der Waals surface area contributed by atoms with Crippen molar-refractivity contribution in [3.8, 4) is 0 Å². The van der Waals surface area contributed by atoms with Crippen molar-refractivity contribution < 1.29 is 13.2 Å². The number of rotatable bonds is 6. The van der Waals surface area contributed by atoms with Crippen LogP contribution in [-0.4, -0.2) is 49.6 Å². The van der Waals surface area contributed by atoms with Crippen molar-refractivity contribution in [2.75, 3.05) is 45.0 Å². The molecule has 25 heavy (non-hydrogen) atoms. The summed E-state index contributed by atoms with van der Waals surface area (Å²) in [5, 5.41) is 3.11. The first kappa shape index (κ1) is 19.0. The van der Waals surface area contributed by atoms with Crippen LogP contribution in [0.15, 0.2) is 36.5 Å². The Kier molecular flexibility index (Phi) is 5.84. The number of benzene rings is 1. The quantitative estimate of drug-likeness (QED) is 0.863. The number of halogens is 3. The smallest absolute Gasteiger partial charge is 0.363 e. The Morgan fingerprint density at radius 1 is 1.12 bits per heavy atom. The minimum Gasteiger partial charge on any atom is -0.363 e.